The van der Waals surface area contributed by atoms with E-state index in [1.807, 2.05) is 12.1 Å². The molecular formula is C16H15BrN2O2. The fourth-order valence-corrected chi connectivity index (χ4v) is 2.87. The number of phenolic OH excluding ortho intramolecular Hbond substituents is 1. The highest BCUT2D eigenvalue weighted by Gasteiger charge is 2.16. The Hall–Kier alpha value is -1.85. The zero-order valence-corrected chi connectivity index (χ0v) is 12.9. The van der Waals surface area contributed by atoms with E-state index in [1.54, 1.807) is 12.1 Å². The fraction of sp³-hybridized carbons (Fsp3) is 0.188. The maximum atomic E-state index is 12.4. The van der Waals surface area contributed by atoms with Gasteiger partial charge in [-0.25, -0.2) is 0 Å². The Morgan fingerprint density at radius 3 is 3.00 bits per heavy atom. The summed E-state index contributed by atoms with van der Waals surface area (Å²) in [5.74, 6) is -0.341. The molecule has 21 heavy (non-hydrogen) atoms. The minimum atomic E-state index is -0.312. The third-order valence-electron chi connectivity index (χ3n) is 3.60. The van der Waals surface area contributed by atoms with Gasteiger partial charge in [0.25, 0.3) is 5.91 Å². The van der Waals surface area contributed by atoms with Crippen molar-refractivity contribution in [3.63, 3.8) is 0 Å². The van der Waals surface area contributed by atoms with Crippen molar-refractivity contribution in [2.75, 3.05) is 11.9 Å². The lowest BCUT2D eigenvalue weighted by molar-refractivity contribution is 0.102. The molecule has 4 nitrogen and oxygen atoms in total. The molecule has 0 aromatic heterocycles. The van der Waals surface area contributed by atoms with Crippen LogP contribution in [0.15, 0.2) is 40.9 Å². The van der Waals surface area contributed by atoms with Crippen LogP contribution >= 0.6 is 15.9 Å². The van der Waals surface area contributed by atoms with Gasteiger partial charge in [-0.15, -0.1) is 0 Å². The van der Waals surface area contributed by atoms with E-state index in [9.17, 15) is 9.90 Å². The molecular weight excluding hydrogens is 332 g/mol. The molecule has 0 unspecified atom stereocenters. The summed E-state index contributed by atoms with van der Waals surface area (Å²) in [4.78, 5) is 12.4. The van der Waals surface area contributed by atoms with Crippen molar-refractivity contribution in [2.24, 2.45) is 0 Å². The number of phenols is 1. The highest BCUT2D eigenvalue weighted by atomic mass is 79.9. The molecule has 108 valence electrons. The number of benzene rings is 2. The molecule has 0 radical (unpaired) electrons. The van der Waals surface area contributed by atoms with E-state index in [1.165, 1.54) is 11.6 Å². The van der Waals surface area contributed by atoms with E-state index in [-0.39, 0.29) is 17.2 Å². The lowest BCUT2D eigenvalue weighted by atomic mass is 9.99. The summed E-state index contributed by atoms with van der Waals surface area (Å²) in [6.45, 7) is 1.70. The number of nitrogens with one attached hydrogen (secondary N) is 2. The maximum Gasteiger partial charge on any atom is 0.259 e. The summed E-state index contributed by atoms with van der Waals surface area (Å²) in [6, 6.07) is 10.7. The summed E-state index contributed by atoms with van der Waals surface area (Å²) < 4.78 is 0.752. The second kappa shape index (κ2) is 5.87. The minimum absolute atomic E-state index is 0.0291. The number of anilines is 1. The standard InChI is InChI=1S/C16H15BrN2O2/c17-11-4-5-15(20)12(8-11)16(21)19-14-3-1-2-10-6-7-18-9-13(10)14/h1-5,8,18,20H,6-7,9H2,(H,19,21). The first-order chi connectivity index (χ1) is 10.1. The highest BCUT2D eigenvalue weighted by Crippen LogP contribution is 2.26. The van der Waals surface area contributed by atoms with Gasteiger partial charge in [0, 0.05) is 16.7 Å². The molecule has 3 rings (SSSR count). The van der Waals surface area contributed by atoms with Gasteiger partial charge in [0.15, 0.2) is 0 Å². The molecule has 1 amide bonds. The normalized spacial score (nSPS) is 13.6. The Morgan fingerprint density at radius 1 is 1.29 bits per heavy atom. The molecule has 3 N–H and O–H groups in total. The van der Waals surface area contributed by atoms with Gasteiger partial charge < -0.3 is 15.7 Å². The van der Waals surface area contributed by atoms with Crippen molar-refractivity contribution in [3.8, 4) is 5.75 Å². The Bertz CT molecular complexity index is 701. The molecule has 0 saturated heterocycles. The molecule has 1 aliphatic heterocycles. The summed E-state index contributed by atoms with van der Waals surface area (Å²) in [5, 5.41) is 16.0. The van der Waals surface area contributed by atoms with Crippen LogP contribution < -0.4 is 10.6 Å². The Labute approximate surface area is 131 Å². The van der Waals surface area contributed by atoms with Crippen LogP contribution in [-0.2, 0) is 13.0 Å². The molecule has 0 spiro atoms. The number of hydrogen-bond donors (Lipinski definition) is 3. The quantitative estimate of drug-likeness (QED) is 0.783. The Kier molecular flexibility index (Phi) is 3.94. The van der Waals surface area contributed by atoms with Crippen molar-refractivity contribution in [1.82, 2.24) is 5.32 Å². The molecule has 5 heteroatoms. The van der Waals surface area contributed by atoms with Crippen LogP contribution in [0, 0.1) is 0 Å². The number of hydrogen-bond acceptors (Lipinski definition) is 3. The highest BCUT2D eigenvalue weighted by molar-refractivity contribution is 9.10. The third-order valence-corrected chi connectivity index (χ3v) is 4.09. The molecule has 0 bridgehead atoms. The molecule has 2 aromatic carbocycles. The van der Waals surface area contributed by atoms with Crippen molar-refractivity contribution in [2.45, 2.75) is 13.0 Å². The largest absolute Gasteiger partial charge is 0.507 e. The number of carbonyl (C=O) groups excluding carboxylic acids is 1. The average Bonchev–Trinajstić information content (AvgIpc) is 2.50. The van der Waals surface area contributed by atoms with Crippen LogP contribution in [0.5, 0.6) is 5.75 Å². The Morgan fingerprint density at radius 2 is 2.14 bits per heavy atom. The fourth-order valence-electron chi connectivity index (χ4n) is 2.51. The van der Waals surface area contributed by atoms with Gasteiger partial charge in [-0.3, -0.25) is 4.79 Å². The minimum Gasteiger partial charge on any atom is -0.507 e. The van der Waals surface area contributed by atoms with Gasteiger partial charge >= 0.3 is 0 Å². The lowest BCUT2D eigenvalue weighted by Crippen LogP contribution is -2.25. The van der Waals surface area contributed by atoms with Crippen molar-refractivity contribution in [1.29, 1.82) is 0 Å². The predicted octanol–water partition coefficient (Wildman–Crippen LogP) is 3.05. The number of carbonyl (C=O) groups is 1. The molecule has 0 aliphatic carbocycles. The lowest BCUT2D eigenvalue weighted by Gasteiger charge is -2.20. The van der Waals surface area contributed by atoms with Crippen molar-refractivity contribution >= 4 is 27.5 Å². The van der Waals surface area contributed by atoms with E-state index >= 15 is 0 Å². The monoisotopic (exact) mass is 346 g/mol. The molecule has 0 atom stereocenters. The van der Waals surface area contributed by atoms with E-state index in [0.717, 1.165) is 35.2 Å². The van der Waals surface area contributed by atoms with Crippen molar-refractivity contribution < 1.29 is 9.90 Å². The van der Waals surface area contributed by atoms with Crippen LogP contribution in [0.1, 0.15) is 21.5 Å². The second-order valence-electron chi connectivity index (χ2n) is 4.99. The number of fused-ring (bicyclic) bond motifs is 1. The van der Waals surface area contributed by atoms with E-state index in [4.69, 9.17) is 0 Å². The summed E-state index contributed by atoms with van der Waals surface area (Å²) in [7, 11) is 0. The first-order valence-corrected chi connectivity index (χ1v) is 7.56. The molecule has 0 fully saturated rings. The second-order valence-corrected chi connectivity index (χ2v) is 5.90. The number of rotatable bonds is 2. The zero-order valence-electron chi connectivity index (χ0n) is 11.3. The Balaban J connectivity index is 1.90. The van der Waals surface area contributed by atoms with Crippen LogP contribution in [0.2, 0.25) is 0 Å². The smallest absolute Gasteiger partial charge is 0.259 e. The third kappa shape index (κ3) is 2.94. The first-order valence-electron chi connectivity index (χ1n) is 6.76. The molecule has 2 aromatic rings. The van der Waals surface area contributed by atoms with Crippen LogP contribution in [0.4, 0.5) is 5.69 Å². The van der Waals surface area contributed by atoms with Crippen LogP contribution in [0.25, 0.3) is 0 Å². The number of halogens is 1. The van der Waals surface area contributed by atoms with Crippen LogP contribution in [0.3, 0.4) is 0 Å². The molecule has 1 heterocycles. The summed E-state index contributed by atoms with van der Waals surface area (Å²) in [5.41, 5.74) is 3.42. The summed E-state index contributed by atoms with van der Waals surface area (Å²) in [6.07, 6.45) is 0.960. The molecule has 0 saturated carbocycles. The van der Waals surface area contributed by atoms with Gasteiger partial charge in [0.1, 0.15) is 5.75 Å². The van der Waals surface area contributed by atoms with Gasteiger partial charge in [0.05, 0.1) is 5.56 Å². The number of aromatic hydroxyl groups is 1. The predicted molar refractivity (Wildman–Crippen MR) is 85.6 cm³/mol. The maximum absolute atomic E-state index is 12.4. The summed E-state index contributed by atoms with van der Waals surface area (Å²) >= 11 is 3.31. The first kappa shape index (κ1) is 14.1. The average molecular weight is 347 g/mol. The topological polar surface area (TPSA) is 61.4 Å². The number of amides is 1. The van der Waals surface area contributed by atoms with E-state index < -0.39 is 0 Å². The van der Waals surface area contributed by atoms with E-state index in [2.05, 4.69) is 32.6 Å². The van der Waals surface area contributed by atoms with E-state index in [0.29, 0.717) is 0 Å². The van der Waals surface area contributed by atoms with Crippen LogP contribution in [-0.4, -0.2) is 17.6 Å². The van der Waals surface area contributed by atoms with Crippen molar-refractivity contribution in [3.05, 3.63) is 57.6 Å². The van der Waals surface area contributed by atoms with Gasteiger partial charge in [-0.1, -0.05) is 28.1 Å². The molecule has 1 aliphatic rings. The van der Waals surface area contributed by atoms with Gasteiger partial charge in [0.2, 0.25) is 0 Å². The zero-order chi connectivity index (χ0) is 14.8. The van der Waals surface area contributed by atoms with Gasteiger partial charge in [-0.2, -0.15) is 0 Å². The van der Waals surface area contributed by atoms with Gasteiger partial charge in [-0.05, 0) is 48.4 Å². The SMILES string of the molecule is O=C(Nc1cccc2c1CNCC2)c1cc(Br)ccc1O.